The number of carbonyl (C=O) groups is 2. The van der Waals surface area contributed by atoms with Gasteiger partial charge in [0.15, 0.2) is 0 Å². The standard InChI is InChI=1S/C21H36N6O2/c1-5-17(6-2)23-20(28)16-7-8-18-24-25-19(27(18)13-16)15-9-11-26(12-10-15)21(29)22-14(3)4/h14-17H,5-13H2,1-4H3,(H,22,29)(H,23,28)/t16-/m1/s1. The maximum Gasteiger partial charge on any atom is 0.317 e. The van der Waals surface area contributed by atoms with E-state index in [1.165, 1.54) is 0 Å². The van der Waals surface area contributed by atoms with E-state index in [2.05, 4.69) is 39.2 Å². The van der Waals surface area contributed by atoms with Crippen LogP contribution in [0.4, 0.5) is 4.79 Å². The normalized spacial score (nSPS) is 20.1. The first kappa shape index (κ1) is 21.6. The van der Waals surface area contributed by atoms with Crippen LogP contribution in [-0.2, 0) is 17.8 Å². The molecule has 3 rings (SSSR count). The third kappa shape index (κ3) is 5.08. The van der Waals surface area contributed by atoms with Gasteiger partial charge in [0, 0.05) is 44.1 Å². The Morgan fingerprint density at radius 2 is 1.76 bits per heavy atom. The van der Waals surface area contributed by atoms with Crippen LogP contribution in [0.3, 0.4) is 0 Å². The molecule has 8 heteroatoms. The highest BCUT2D eigenvalue weighted by atomic mass is 16.2. The van der Waals surface area contributed by atoms with Crippen molar-refractivity contribution >= 4 is 11.9 Å². The van der Waals surface area contributed by atoms with Crippen molar-refractivity contribution < 1.29 is 9.59 Å². The summed E-state index contributed by atoms with van der Waals surface area (Å²) in [7, 11) is 0. The van der Waals surface area contributed by atoms with Crippen molar-refractivity contribution in [1.82, 2.24) is 30.3 Å². The number of piperidine rings is 1. The summed E-state index contributed by atoms with van der Waals surface area (Å²) in [5.74, 6) is 2.41. The predicted molar refractivity (Wildman–Crippen MR) is 112 cm³/mol. The second kappa shape index (κ2) is 9.59. The third-order valence-electron chi connectivity index (χ3n) is 6.24. The number of aryl methyl sites for hydroxylation is 1. The lowest BCUT2D eigenvalue weighted by atomic mass is 9.93. The largest absolute Gasteiger partial charge is 0.353 e. The Hall–Kier alpha value is -2.12. The number of carbonyl (C=O) groups excluding carboxylic acids is 2. The molecule has 29 heavy (non-hydrogen) atoms. The van der Waals surface area contributed by atoms with E-state index in [0.717, 1.165) is 63.3 Å². The zero-order chi connectivity index (χ0) is 21.0. The summed E-state index contributed by atoms with van der Waals surface area (Å²) in [5.41, 5.74) is 0. The zero-order valence-corrected chi connectivity index (χ0v) is 18.3. The van der Waals surface area contributed by atoms with E-state index >= 15 is 0 Å². The van der Waals surface area contributed by atoms with Crippen LogP contribution in [0.2, 0.25) is 0 Å². The van der Waals surface area contributed by atoms with Crippen molar-refractivity contribution in [2.45, 2.75) is 90.8 Å². The molecule has 162 valence electrons. The lowest BCUT2D eigenvalue weighted by molar-refractivity contribution is -0.126. The molecular formula is C21H36N6O2. The van der Waals surface area contributed by atoms with Crippen molar-refractivity contribution in [2.24, 2.45) is 5.92 Å². The summed E-state index contributed by atoms with van der Waals surface area (Å²) in [5, 5.41) is 15.1. The number of urea groups is 1. The summed E-state index contributed by atoms with van der Waals surface area (Å²) in [6.07, 6.45) is 5.31. The van der Waals surface area contributed by atoms with Crippen molar-refractivity contribution in [3.8, 4) is 0 Å². The van der Waals surface area contributed by atoms with Crippen LogP contribution in [0.15, 0.2) is 0 Å². The van der Waals surface area contributed by atoms with Crippen molar-refractivity contribution in [1.29, 1.82) is 0 Å². The van der Waals surface area contributed by atoms with Gasteiger partial charge in [-0.3, -0.25) is 4.79 Å². The van der Waals surface area contributed by atoms with Crippen LogP contribution in [0.25, 0.3) is 0 Å². The molecule has 0 aliphatic carbocycles. The number of hydrogen-bond acceptors (Lipinski definition) is 4. The Bertz CT molecular complexity index is 704. The molecule has 3 amide bonds. The van der Waals surface area contributed by atoms with Crippen LogP contribution in [0.5, 0.6) is 0 Å². The van der Waals surface area contributed by atoms with Gasteiger partial charge < -0.3 is 20.1 Å². The van der Waals surface area contributed by atoms with Gasteiger partial charge in [-0.05, 0) is 46.0 Å². The number of amides is 3. The SMILES string of the molecule is CCC(CC)NC(=O)[C@@H]1CCc2nnc(C3CCN(C(=O)NC(C)C)CC3)n2C1. The van der Waals surface area contributed by atoms with Gasteiger partial charge in [0.1, 0.15) is 11.6 Å². The molecule has 1 atom stereocenters. The van der Waals surface area contributed by atoms with Crippen LogP contribution in [0.1, 0.15) is 77.4 Å². The third-order valence-corrected chi connectivity index (χ3v) is 6.24. The average Bonchev–Trinajstić information content (AvgIpc) is 3.14. The summed E-state index contributed by atoms with van der Waals surface area (Å²) >= 11 is 0. The number of aromatic nitrogens is 3. The Labute approximate surface area is 173 Å². The molecule has 1 fully saturated rings. The van der Waals surface area contributed by atoms with E-state index in [4.69, 9.17) is 0 Å². The summed E-state index contributed by atoms with van der Waals surface area (Å²) in [4.78, 5) is 26.8. The zero-order valence-electron chi connectivity index (χ0n) is 18.3. The first-order valence-corrected chi connectivity index (χ1v) is 11.2. The minimum atomic E-state index is -0.0187. The molecular weight excluding hydrogens is 368 g/mol. The molecule has 0 unspecified atom stereocenters. The van der Waals surface area contributed by atoms with Crippen LogP contribution in [-0.4, -0.2) is 56.8 Å². The second-order valence-corrected chi connectivity index (χ2v) is 8.71. The average molecular weight is 405 g/mol. The van der Waals surface area contributed by atoms with E-state index in [1.807, 2.05) is 18.7 Å². The number of hydrogen-bond donors (Lipinski definition) is 2. The first-order valence-electron chi connectivity index (χ1n) is 11.2. The van der Waals surface area contributed by atoms with E-state index in [0.29, 0.717) is 12.5 Å². The van der Waals surface area contributed by atoms with E-state index in [-0.39, 0.29) is 29.9 Å². The van der Waals surface area contributed by atoms with Gasteiger partial charge in [0.25, 0.3) is 0 Å². The van der Waals surface area contributed by atoms with Crippen LogP contribution in [0, 0.1) is 5.92 Å². The minimum Gasteiger partial charge on any atom is -0.353 e. The molecule has 0 spiro atoms. The lowest BCUT2D eigenvalue weighted by Crippen LogP contribution is -2.46. The van der Waals surface area contributed by atoms with Gasteiger partial charge in [0.05, 0.1) is 5.92 Å². The molecule has 8 nitrogen and oxygen atoms in total. The van der Waals surface area contributed by atoms with Crippen molar-refractivity contribution in [2.75, 3.05) is 13.1 Å². The van der Waals surface area contributed by atoms with Gasteiger partial charge in [-0.15, -0.1) is 10.2 Å². The van der Waals surface area contributed by atoms with Crippen molar-refractivity contribution in [3.63, 3.8) is 0 Å². The van der Waals surface area contributed by atoms with Gasteiger partial charge in [-0.25, -0.2) is 4.79 Å². The highest BCUT2D eigenvalue weighted by Gasteiger charge is 2.32. The highest BCUT2D eigenvalue weighted by molar-refractivity contribution is 5.79. The Balaban J connectivity index is 1.61. The predicted octanol–water partition coefficient (Wildman–Crippen LogP) is 2.44. The second-order valence-electron chi connectivity index (χ2n) is 8.71. The monoisotopic (exact) mass is 404 g/mol. The van der Waals surface area contributed by atoms with Crippen LogP contribution < -0.4 is 10.6 Å². The van der Waals surface area contributed by atoms with Gasteiger partial charge in [-0.1, -0.05) is 13.8 Å². The number of likely N-dealkylation sites (tertiary alicyclic amines) is 1. The molecule has 1 aromatic heterocycles. The Kier molecular flexibility index (Phi) is 7.14. The molecule has 2 aliphatic heterocycles. The molecule has 0 bridgehead atoms. The molecule has 0 saturated carbocycles. The molecule has 2 aliphatic rings. The fraction of sp³-hybridized carbons (Fsp3) is 0.810. The number of rotatable bonds is 6. The fourth-order valence-corrected chi connectivity index (χ4v) is 4.35. The van der Waals surface area contributed by atoms with Gasteiger partial charge >= 0.3 is 6.03 Å². The molecule has 1 saturated heterocycles. The van der Waals surface area contributed by atoms with Crippen molar-refractivity contribution in [3.05, 3.63) is 11.6 Å². The summed E-state index contributed by atoms with van der Waals surface area (Å²) in [6, 6.07) is 0.414. The summed E-state index contributed by atoms with van der Waals surface area (Å²) < 4.78 is 2.18. The molecule has 2 N–H and O–H groups in total. The Morgan fingerprint density at radius 3 is 2.38 bits per heavy atom. The first-order chi connectivity index (χ1) is 13.9. The molecule has 0 aromatic carbocycles. The minimum absolute atomic E-state index is 0.0138. The van der Waals surface area contributed by atoms with E-state index in [1.54, 1.807) is 0 Å². The quantitative estimate of drug-likeness (QED) is 0.762. The van der Waals surface area contributed by atoms with E-state index < -0.39 is 0 Å². The molecule has 3 heterocycles. The fourth-order valence-electron chi connectivity index (χ4n) is 4.35. The maximum absolute atomic E-state index is 12.7. The smallest absolute Gasteiger partial charge is 0.317 e. The number of nitrogens with one attached hydrogen (secondary N) is 2. The Morgan fingerprint density at radius 1 is 1.07 bits per heavy atom. The maximum atomic E-state index is 12.7. The molecule has 1 aromatic rings. The highest BCUT2D eigenvalue weighted by Crippen LogP contribution is 2.30. The van der Waals surface area contributed by atoms with Crippen LogP contribution >= 0.6 is 0 Å². The topological polar surface area (TPSA) is 92.2 Å². The van der Waals surface area contributed by atoms with Gasteiger partial charge in [0.2, 0.25) is 5.91 Å². The summed E-state index contributed by atoms with van der Waals surface area (Å²) in [6.45, 7) is 10.3. The number of fused-ring (bicyclic) bond motifs is 1. The molecule has 0 radical (unpaired) electrons. The van der Waals surface area contributed by atoms with Gasteiger partial charge in [-0.2, -0.15) is 0 Å². The lowest BCUT2D eigenvalue weighted by Gasteiger charge is -2.33. The number of nitrogens with zero attached hydrogens (tertiary/aromatic N) is 4. The van der Waals surface area contributed by atoms with E-state index in [9.17, 15) is 9.59 Å².